The number of hydrogen-bond donors (Lipinski definition) is 0. The molecule has 1 aliphatic rings. The lowest BCUT2D eigenvalue weighted by Crippen LogP contribution is -2.14. The van der Waals surface area contributed by atoms with Crippen LogP contribution in [0.3, 0.4) is 0 Å². The summed E-state index contributed by atoms with van der Waals surface area (Å²) in [6.07, 6.45) is 6.99. The highest BCUT2D eigenvalue weighted by molar-refractivity contribution is 8.02. The van der Waals surface area contributed by atoms with Gasteiger partial charge in [0, 0.05) is 9.49 Å². The average Bonchev–Trinajstić information content (AvgIpc) is 2.62. The lowest BCUT2D eigenvalue weighted by atomic mass is 10.3. The van der Waals surface area contributed by atoms with E-state index in [9.17, 15) is 4.79 Å². The largest absolute Gasteiger partial charge is 0.299 e. The Morgan fingerprint density at radius 1 is 1.33 bits per heavy atom. The molecule has 2 heteroatoms. The van der Waals surface area contributed by atoms with Gasteiger partial charge in [-0.2, -0.15) is 0 Å². The van der Waals surface area contributed by atoms with Crippen LogP contribution in [-0.2, 0) is 4.79 Å². The molecule has 0 heterocycles. The molecule has 68 valence electrons. The average molecular weight is 184 g/mol. The van der Waals surface area contributed by atoms with E-state index < -0.39 is 0 Å². The molecule has 12 heavy (non-hydrogen) atoms. The van der Waals surface area contributed by atoms with E-state index in [1.165, 1.54) is 12.8 Å². The van der Waals surface area contributed by atoms with Crippen LogP contribution >= 0.6 is 11.8 Å². The van der Waals surface area contributed by atoms with Gasteiger partial charge < -0.3 is 0 Å². The molecule has 0 saturated heterocycles. The van der Waals surface area contributed by atoms with Crippen LogP contribution in [0.1, 0.15) is 33.6 Å². The first kappa shape index (κ1) is 9.85. The maximum Gasteiger partial charge on any atom is 0.142 e. The van der Waals surface area contributed by atoms with Crippen LogP contribution in [0.15, 0.2) is 12.2 Å². The Hall–Kier alpha value is -0.240. The molecular weight excluding hydrogens is 168 g/mol. The highest BCUT2D eigenvalue weighted by Crippen LogP contribution is 2.54. The monoisotopic (exact) mass is 184 g/mol. The molecule has 0 N–H and O–H groups in total. The second kappa shape index (κ2) is 3.25. The van der Waals surface area contributed by atoms with Crippen LogP contribution in [0.4, 0.5) is 0 Å². The summed E-state index contributed by atoms with van der Waals surface area (Å²) < 4.78 is 0.586. The standard InChI is InChI=1S/C10H16OS/c1-9(2,3)12-10(6-7-10)5-4-8-11/h4-5,8H,6-7H2,1-3H3. The van der Waals surface area contributed by atoms with Crippen LogP contribution in [0, 0.1) is 0 Å². The molecule has 0 atom stereocenters. The number of carbonyl (C=O) groups excluding carboxylic acids is 1. The fourth-order valence-corrected chi connectivity index (χ4v) is 2.92. The first-order chi connectivity index (χ1) is 5.47. The van der Waals surface area contributed by atoms with Gasteiger partial charge in [-0.3, -0.25) is 4.79 Å². The van der Waals surface area contributed by atoms with Gasteiger partial charge >= 0.3 is 0 Å². The normalized spacial score (nSPS) is 21.2. The van der Waals surface area contributed by atoms with Gasteiger partial charge in [-0.15, -0.1) is 11.8 Å². The summed E-state index contributed by atoms with van der Waals surface area (Å²) in [5.41, 5.74) is 0. The molecule has 0 bridgehead atoms. The molecule has 0 aromatic heterocycles. The lowest BCUT2D eigenvalue weighted by Gasteiger charge is -2.22. The van der Waals surface area contributed by atoms with Crippen molar-refractivity contribution < 1.29 is 4.79 Å². The van der Waals surface area contributed by atoms with Gasteiger partial charge in [0.05, 0.1) is 0 Å². The van der Waals surface area contributed by atoms with E-state index in [-0.39, 0.29) is 0 Å². The highest BCUT2D eigenvalue weighted by atomic mass is 32.2. The molecule has 0 radical (unpaired) electrons. The number of aldehydes is 1. The Labute approximate surface area is 78.6 Å². The van der Waals surface area contributed by atoms with E-state index in [2.05, 4.69) is 26.8 Å². The van der Waals surface area contributed by atoms with Gasteiger partial charge in [0.1, 0.15) is 6.29 Å². The molecule has 0 aromatic carbocycles. The second-order valence-corrected chi connectivity index (χ2v) is 6.52. The number of carbonyl (C=O) groups is 1. The molecule has 0 spiro atoms. The quantitative estimate of drug-likeness (QED) is 0.495. The van der Waals surface area contributed by atoms with Crippen molar-refractivity contribution in [3.8, 4) is 0 Å². The highest BCUT2D eigenvalue weighted by Gasteiger charge is 2.43. The van der Waals surface area contributed by atoms with Gasteiger partial charge in [0.25, 0.3) is 0 Å². The van der Waals surface area contributed by atoms with E-state index in [4.69, 9.17) is 0 Å². The van der Waals surface area contributed by atoms with Crippen molar-refractivity contribution in [2.24, 2.45) is 0 Å². The fourth-order valence-electron chi connectivity index (χ4n) is 1.25. The Balaban J connectivity index is 2.50. The summed E-state index contributed by atoms with van der Waals surface area (Å²) in [5.74, 6) is 0. The Bertz CT molecular complexity index is 196. The predicted octanol–water partition coefficient (Wildman–Crippen LogP) is 2.81. The minimum atomic E-state index is 0.291. The molecular formula is C10H16OS. The number of allylic oxidation sites excluding steroid dienone is 1. The first-order valence-electron chi connectivity index (χ1n) is 4.31. The van der Waals surface area contributed by atoms with Crippen molar-refractivity contribution in [1.29, 1.82) is 0 Å². The summed E-state index contributed by atoms with van der Waals surface area (Å²) >= 11 is 1.96. The molecule has 1 saturated carbocycles. The maximum absolute atomic E-state index is 10.1. The molecule has 0 aromatic rings. The molecule has 0 aliphatic heterocycles. The number of hydrogen-bond acceptors (Lipinski definition) is 2. The van der Waals surface area contributed by atoms with Crippen LogP contribution < -0.4 is 0 Å². The first-order valence-corrected chi connectivity index (χ1v) is 5.12. The maximum atomic E-state index is 10.1. The second-order valence-electron chi connectivity index (χ2n) is 4.27. The third-order valence-corrected chi connectivity index (χ3v) is 3.29. The minimum Gasteiger partial charge on any atom is -0.299 e. The Morgan fingerprint density at radius 2 is 1.92 bits per heavy atom. The summed E-state index contributed by atoms with van der Waals surface area (Å²) in [5, 5.41) is 0. The molecule has 1 aliphatic carbocycles. The molecule has 0 amide bonds. The zero-order valence-corrected chi connectivity index (χ0v) is 8.78. The van der Waals surface area contributed by atoms with E-state index in [1.54, 1.807) is 6.08 Å². The summed E-state index contributed by atoms with van der Waals surface area (Å²) in [4.78, 5) is 10.1. The van der Waals surface area contributed by atoms with E-state index in [0.29, 0.717) is 9.49 Å². The van der Waals surface area contributed by atoms with Crippen molar-refractivity contribution in [3.63, 3.8) is 0 Å². The van der Waals surface area contributed by atoms with Crippen molar-refractivity contribution >= 4 is 18.0 Å². The summed E-state index contributed by atoms with van der Waals surface area (Å²) in [7, 11) is 0. The Morgan fingerprint density at radius 3 is 2.25 bits per heavy atom. The topological polar surface area (TPSA) is 17.1 Å². The van der Waals surface area contributed by atoms with E-state index in [0.717, 1.165) is 6.29 Å². The van der Waals surface area contributed by atoms with Gasteiger partial charge in [-0.25, -0.2) is 0 Å². The van der Waals surface area contributed by atoms with Crippen LogP contribution in [0.25, 0.3) is 0 Å². The van der Waals surface area contributed by atoms with Gasteiger partial charge in [-0.05, 0) is 18.9 Å². The molecule has 1 nitrogen and oxygen atoms in total. The SMILES string of the molecule is CC(C)(C)SC1(C=CC=O)CC1. The van der Waals surface area contributed by atoms with Gasteiger partial charge in [0.15, 0.2) is 0 Å². The van der Waals surface area contributed by atoms with Crippen molar-refractivity contribution in [3.05, 3.63) is 12.2 Å². The van der Waals surface area contributed by atoms with Gasteiger partial charge in [-0.1, -0.05) is 26.8 Å². The number of rotatable bonds is 3. The lowest BCUT2D eigenvalue weighted by molar-refractivity contribution is -0.104. The van der Waals surface area contributed by atoms with Crippen molar-refractivity contribution in [2.45, 2.75) is 43.1 Å². The number of thioether (sulfide) groups is 1. The zero-order chi connectivity index (χ0) is 9.24. The van der Waals surface area contributed by atoms with Gasteiger partial charge in [0.2, 0.25) is 0 Å². The van der Waals surface area contributed by atoms with Crippen molar-refractivity contribution in [1.82, 2.24) is 0 Å². The third kappa shape index (κ3) is 3.02. The molecule has 1 fully saturated rings. The van der Waals surface area contributed by atoms with Crippen LogP contribution in [-0.4, -0.2) is 15.8 Å². The van der Waals surface area contributed by atoms with E-state index >= 15 is 0 Å². The fraction of sp³-hybridized carbons (Fsp3) is 0.700. The minimum absolute atomic E-state index is 0.291. The third-order valence-electron chi connectivity index (χ3n) is 1.73. The van der Waals surface area contributed by atoms with Crippen LogP contribution in [0.2, 0.25) is 0 Å². The Kier molecular flexibility index (Phi) is 2.67. The van der Waals surface area contributed by atoms with Crippen LogP contribution in [0.5, 0.6) is 0 Å². The zero-order valence-electron chi connectivity index (χ0n) is 7.96. The molecule has 1 rings (SSSR count). The van der Waals surface area contributed by atoms with Crippen molar-refractivity contribution in [2.75, 3.05) is 0 Å². The van der Waals surface area contributed by atoms with E-state index in [1.807, 2.05) is 11.8 Å². The molecule has 0 unspecified atom stereocenters. The summed E-state index contributed by atoms with van der Waals surface area (Å²) in [6.45, 7) is 6.64. The predicted molar refractivity (Wildman–Crippen MR) is 54.5 cm³/mol. The summed E-state index contributed by atoms with van der Waals surface area (Å²) in [6, 6.07) is 0. The smallest absolute Gasteiger partial charge is 0.142 e.